The monoisotopic (exact) mass is 648 g/mol. The minimum Gasteiger partial charge on any atom is -0.0729 e. The number of hydrogen-bond acceptors (Lipinski definition) is 0. The van der Waals surface area contributed by atoms with Gasteiger partial charge in [-0.05, 0) is 80.6 Å². The Labute approximate surface area is 293 Å². The van der Waals surface area contributed by atoms with E-state index in [0.717, 1.165) is 0 Å². The van der Waals surface area contributed by atoms with Crippen LogP contribution in [0.5, 0.6) is 0 Å². The van der Waals surface area contributed by atoms with Gasteiger partial charge in [-0.25, -0.2) is 0 Å². The maximum Gasteiger partial charge on any atom is 0.0714 e. The average Bonchev–Trinajstić information content (AvgIpc) is 3.52. The van der Waals surface area contributed by atoms with Crippen LogP contribution in [-0.4, -0.2) is 8.07 Å². The van der Waals surface area contributed by atoms with E-state index in [1.54, 1.807) is 11.1 Å². The third kappa shape index (κ3) is 5.47. The lowest BCUT2D eigenvalue weighted by Gasteiger charge is -2.43. The Morgan fingerprint density at radius 2 is 0.796 bits per heavy atom. The van der Waals surface area contributed by atoms with Gasteiger partial charge in [-0.1, -0.05) is 194 Å². The van der Waals surface area contributed by atoms with E-state index in [1.165, 1.54) is 55.7 Å². The van der Waals surface area contributed by atoms with Gasteiger partial charge < -0.3 is 0 Å². The van der Waals surface area contributed by atoms with Crippen LogP contribution in [0.2, 0.25) is 24.2 Å². The summed E-state index contributed by atoms with van der Waals surface area (Å²) in [6.07, 6.45) is 19.4. The van der Waals surface area contributed by atoms with E-state index in [1.807, 2.05) is 0 Å². The summed E-state index contributed by atoms with van der Waals surface area (Å²) in [4.78, 5) is 0. The van der Waals surface area contributed by atoms with Gasteiger partial charge in [0.05, 0.1) is 8.07 Å². The molecule has 0 fully saturated rings. The van der Waals surface area contributed by atoms with Crippen molar-refractivity contribution in [1.29, 1.82) is 0 Å². The minimum atomic E-state index is -2.21. The van der Waals surface area contributed by atoms with Gasteiger partial charge in [0.15, 0.2) is 0 Å². The van der Waals surface area contributed by atoms with Crippen LogP contribution >= 0.6 is 0 Å². The van der Waals surface area contributed by atoms with E-state index >= 15 is 0 Å². The molecule has 0 bridgehead atoms. The van der Waals surface area contributed by atoms with Crippen molar-refractivity contribution in [3.05, 3.63) is 226 Å². The first kappa shape index (κ1) is 31.3. The van der Waals surface area contributed by atoms with Crippen LogP contribution in [0.15, 0.2) is 203 Å². The van der Waals surface area contributed by atoms with Crippen LogP contribution in [0.4, 0.5) is 0 Å². The Bertz CT molecular complexity index is 1980. The minimum absolute atomic E-state index is 0.219. The van der Waals surface area contributed by atoms with Crippen molar-refractivity contribution in [3.8, 4) is 0 Å². The zero-order valence-electron chi connectivity index (χ0n) is 29.0. The standard InChI is InChI=1S/C48H44Si/c1-33-31-43-39(35-19-9-5-10-20-35)27-17-29-41(37-23-13-7-14-24-37)45(43)47(33)49(3,4)48-34(2)32-44-40(36-21-11-6-12-22-36)28-18-30-42(46(44)48)38-25-15-8-16-26-38/h5-32,41-42,47-48H,1-4H3. The summed E-state index contributed by atoms with van der Waals surface area (Å²) < 4.78 is 0. The lowest BCUT2D eigenvalue weighted by atomic mass is 9.85. The smallest absolute Gasteiger partial charge is 0.0714 e. The summed E-state index contributed by atoms with van der Waals surface area (Å²) in [6, 6.07) is 44.4. The lowest BCUT2D eigenvalue weighted by Crippen LogP contribution is -2.41. The SMILES string of the molecule is CC1=CC2=C(C(c3ccccc3)C=CC=C2c2ccccc2)C1[Si](C)(C)C1C(C)=CC2=C1C(c1ccccc1)C=CC=C2c1ccccc1. The second-order valence-corrected chi connectivity index (χ2v) is 19.4. The molecule has 4 aliphatic carbocycles. The summed E-state index contributed by atoms with van der Waals surface area (Å²) in [5.74, 6) is 0.439. The van der Waals surface area contributed by atoms with Crippen molar-refractivity contribution in [2.45, 2.75) is 49.9 Å². The average molecular weight is 649 g/mol. The lowest BCUT2D eigenvalue weighted by molar-refractivity contribution is 0.860. The highest BCUT2D eigenvalue weighted by atomic mass is 28.3. The van der Waals surface area contributed by atoms with Gasteiger partial charge in [-0.2, -0.15) is 0 Å². The molecular weight excluding hydrogens is 605 g/mol. The van der Waals surface area contributed by atoms with Gasteiger partial charge in [0, 0.05) is 11.8 Å². The van der Waals surface area contributed by atoms with Gasteiger partial charge >= 0.3 is 0 Å². The van der Waals surface area contributed by atoms with Crippen molar-refractivity contribution in [3.63, 3.8) is 0 Å². The Kier molecular flexibility index (Phi) is 8.18. The van der Waals surface area contributed by atoms with Crippen molar-refractivity contribution in [2.75, 3.05) is 0 Å². The normalized spacial score (nSPS) is 23.3. The van der Waals surface area contributed by atoms with Crippen LogP contribution in [-0.2, 0) is 0 Å². The molecule has 4 atom stereocenters. The Morgan fingerprint density at radius 3 is 1.16 bits per heavy atom. The third-order valence-electron chi connectivity index (χ3n) is 11.3. The molecule has 4 aliphatic rings. The largest absolute Gasteiger partial charge is 0.0729 e. The highest BCUT2D eigenvalue weighted by molar-refractivity contribution is 6.83. The quantitative estimate of drug-likeness (QED) is 0.183. The predicted molar refractivity (Wildman–Crippen MR) is 212 cm³/mol. The highest BCUT2D eigenvalue weighted by Gasteiger charge is 2.51. The zero-order valence-corrected chi connectivity index (χ0v) is 30.0. The second-order valence-electron chi connectivity index (χ2n) is 14.6. The van der Waals surface area contributed by atoms with Gasteiger partial charge in [0.1, 0.15) is 0 Å². The fraction of sp³-hybridized carbons (Fsp3) is 0.167. The van der Waals surface area contributed by atoms with Crippen molar-refractivity contribution >= 4 is 19.2 Å². The summed E-state index contributed by atoms with van der Waals surface area (Å²) in [6.45, 7) is 10.2. The number of benzene rings is 4. The summed E-state index contributed by atoms with van der Waals surface area (Å²) in [5, 5.41) is 0. The first-order valence-electron chi connectivity index (χ1n) is 17.8. The molecule has 240 valence electrons. The van der Waals surface area contributed by atoms with Crippen LogP contribution < -0.4 is 0 Å². The molecule has 49 heavy (non-hydrogen) atoms. The van der Waals surface area contributed by atoms with E-state index in [0.29, 0.717) is 11.1 Å². The highest BCUT2D eigenvalue weighted by Crippen LogP contribution is 2.62. The predicted octanol–water partition coefficient (Wildman–Crippen LogP) is 12.8. The molecule has 8 rings (SSSR count). The molecule has 0 saturated carbocycles. The van der Waals surface area contributed by atoms with E-state index in [4.69, 9.17) is 0 Å². The Hall–Kier alpha value is -4.98. The second kappa shape index (κ2) is 12.8. The van der Waals surface area contributed by atoms with Gasteiger partial charge in [0.25, 0.3) is 0 Å². The molecule has 4 aromatic carbocycles. The van der Waals surface area contributed by atoms with Crippen LogP contribution in [0.25, 0.3) is 11.1 Å². The molecule has 1 heteroatoms. The van der Waals surface area contributed by atoms with E-state index < -0.39 is 8.07 Å². The van der Waals surface area contributed by atoms with E-state index in [2.05, 4.69) is 197 Å². The number of allylic oxidation sites excluding steroid dienone is 16. The summed E-state index contributed by atoms with van der Waals surface area (Å²) in [5.41, 5.74) is 17.8. The Balaban J connectivity index is 1.33. The summed E-state index contributed by atoms with van der Waals surface area (Å²) in [7, 11) is -2.21. The van der Waals surface area contributed by atoms with Crippen LogP contribution in [0.1, 0.15) is 47.9 Å². The maximum absolute atomic E-state index is 2.69. The van der Waals surface area contributed by atoms with Crippen molar-refractivity contribution in [1.82, 2.24) is 0 Å². The first-order valence-corrected chi connectivity index (χ1v) is 20.9. The molecule has 0 nitrogen and oxygen atoms in total. The molecule has 4 aromatic rings. The number of rotatable bonds is 6. The zero-order chi connectivity index (χ0) is 33.5. The van der Waals surface area contributed by atoms with Gasteiger partial charge in [-0.3, -0.25) is 0 Å². The molecule has 4 unspecified atom stereocenters. The van der Waals surface area contributed by atoms with Crippen LogP contribution in [0, 0.1) is 0 Å². The van der Waals surface area contributed by atoms with Gasteiger partial charge in [-0.15, -0.1) is 0 Å². The fourth-order valence-corrected chi connectivity index (χ4v) is 14.6. The molecule has 0 spiro atoms. The molecule has 0 heterocycles. The Morgan fingerprint density at radius 1 is 0.449 bits per heavy atom. The topological polar surface area (TPSA) is 0 Å². The molecule has 0 N–H and O–H groups in total. The van der Waals surface area contributed by atoms with Gasteiger partial charge in [0.2, 0.25) is 0 Å². The molecule has 0 radical (unpaired) electrons. The van der Waals surface area contributed by atoms with E-state index in [-0.39, 0.29) is 11.8 Å². The van der Waals surface area contributed by atoms with Crippen molar-refractivity contribution < 1.29 is 0 Å². The van der Waals surface area contributed by atoms with Crippen molar-refractivity contribution in [2.24, 2.45) is 0 Å². The third-order valence-corrected chi connectivity index (χ3v) is 15.8. The molecule has 0 aromatic heterocycles. The molecule has 0 aliphatic heterocycles. The molecule has 0 amide bonds. The number of hydrogen-bond donors (Lipinski definition) is 0. The first-order chi connectivity index (χ1) is 23.9. The fourth-order valence-electron chi connectivity index (χ4n) is 9.45. The van der Waals surface area contributed by atoms with Crippen LogP contribution in [0.3, 0.4) is 0 Å². The maximum atomic E-state index is 2.69. The van der Waals surface area contributed by atoms with E-state index in [9.17, 15) is 0 Å². The molecule has 0 saturated heterocycles. The molecular formula is C48H44Si. The summed E-state index contributed by atoms with van der Waals surface area (Å²) >= 11 is 0.